The molecule has 1 aliphatic carbocycles. The number of aliphatic imine (C=N–C) groups is 1. The third-order valence-corrected chi connectivity index (χ3v) is 7.74. The van der Waals surface area contributed by atoms with Crippen LogP contribution in [-0.2, 0) is 20.9 Å². The van der Waals surface area contributed by atoms with Crippen LogP contribution in [0.3, 0.4) is 0 Å². The molecule has 12 nitrogen and oxygen atoms in total. The maximum absolute atomic E-state index is 13.7. The lowest BCUT2D eigenvalue weighted by Gasteiger charge is -2.30. The molecule has 3 aromatic rings. The van der Waals surface area contributed by atoms with Crippen LogP contribution in [0.1, 0.15) is 18.4 Å². The van der Waals surface area contributed by atoms with Crippen molar-refractivity contribution < 1.29 is 28.6 Å². The Kier molecular flexibility index (Phi) is 8.01. The van der Waals surface area contributed by atoms with Crippen LogP contribution in [0, 0.1) is 11.8 Å². The van der Waals surface area contributed by atoms with E-state index < -0.39 is 23.6 Å². The monoisotopic (exact) mass is 564 g/mol. The Bertz CT molecular complexity index is 1410. The van der Waals surface area contributed by atoms with Gasteiger partial charge in [0.15, 0.2) is 22.6 Å². The second-order valence-corrected chi connectivity index (χ2v) is 10.3. The van der Waals surface area contributed by atoms with Crippen LogP contribution in [0.2, 0.25) is 0 Å². The van der Waals surface area contributed by atoms with Crippen LogP contribution in [0.15, 0.2) is 47.6 Å². The topological polar surface area (TPSA) is 148 Å². The minimum absolute atomic E-state index is 0.0511. The second kappa shape index (κ2) is 11.8. The van der Waals surface area contributed by atoms with Crippen molar-refractivity contribution in [1.29, 1.82) is 0 Å². The molecule has 2 heterocycles. The van der Waals surface area contributed by atoms with Crippen molar-refractivity contribution >= 4 is 40.3 Å². The number of aromatic amines is 1. The number of thioether (sulfide) groups is 1. The molecule has 0 bridgehead atoms. The van der Waals surface area contributed by atoms with E-state index in [4.69, 9.17) is 14.2 Å². The van der Waals surface area contributed by atoms with Gasteiger partial charge in [-0.2, -0.15) is 4.99 Å². The fourth-order valence-electron chi connectivity index (χ4n) is 4.22. The summed E-state index contributed by atoms with van der Waals surface area (Å²) in [6.07, 6.45) is 3.86. The summed E-state index contributed by atoms with van der Waals surface area (Å²) in [5, 5.41) is 13.2. The van der Waals surface area contributed by atoms with Gasteiger partial charge in [0.1, 0.15) is 5.69 Å². The zero-order valence-corrected chi connectivity index (χ0v) is 23.0. The molecule has 1 saturated carbocycles. The van der Waals surface area contributed by atoms with Gasteiger partial charge in [-0.3, -0.25) is 24.4 Å². The van der Waals surface area contributed by atoms with Crippen molar-refractivity contribution in [1.82, 2.24) is 20.3 Å². The predicted molar refractivity (Wildman–Crippen MR) is 148 cm³/mol. The first-order valence-electron chi connectivity index (χ1n) is 12.5. The van der Waals surface area contributed by atoms with Crippen LogP contribution >= 0.6 is 11.8 Å². The number of nitrogens with zero attached hydrogens (tertiary/aromatic N) is 4. The van der Waals surface area contributed by atoms with E-state index >= 15 is 0 Å². The highest BCUT2D eigenvalue weighted by atomic mass is 32.2. The van der Waals surface area contributed by atoms with E-state index in [1.807, 2.05) is 0 Å². The van der Waals surface area contributed by atoms with Crippen molar-refractivity contribution in [2.75, 3.05) is 32.4 Å². The Hall–Kier alpha value is -4.39. The number of ether oxygens (including phenoxy) is 3. The normalized spacial score (nSPS) is 16.9. The molecule has 13 heteroatoms. The number of anilines is 1. The summed E-state index contributed by atoms with van der Waals surface area (Å²) < 4.78 is 16.3. The molecule has 2 N–H and O–H groups in total. The highest BCUT2D eigenvalue weighted by molar-refractivity contribution is 8.13. The number of aromatic nitrogens is 3. The van der Waals surface area contributed by atoms with Crippen LogP contribution in [-0.4, -0.2) is 70.3 Å². The molecule has 0 saturated heterocycles. The Balaban J connectivity index is 1.39. The summed E-state index contributed by atoms with van der Waals surface area (Å²) in [6, 6.07) is 10.3. The molecular formula is C27H28N6O6S. The number of amidine groups is 1. The number of methoxy groups -OCH3 is 3. The van der Waals surface area contributed by atoms with Gasteiger partial charge in [0.2, 0.25) is 11.7 Å². The average Bonchev–Trinajstić information content (AvgIpc) is 3.63. The predicted octanol–water partition coefficient (Wildman–Crippen LogP) is 3.12. The number of carbonyl (C=O) groups is 3. The number of carbonyl (C=O) groups excluding carboxylic acids is 3. The van der Waals surface area contributed by atoms with Gasteiger partial charge in [0.25, 0.3) is 11.8 Å². The minimum Gasteiger partial charge on any atom is -0.493 e. The number of nitrogens with one attached hydrogen (secondary N) is 2. The molecule has 2 aliphatic rings. The van der Waals surface area contributed by atoms with Gasteiger partial charge >= 0.3 is 0 Å². The number of hydrogen-bond donors (Lipinski definition) is 2. The molecule has 1 atom stereocenters. The molecule has 208 valence electrons. The van der Waals surface area contributed by atoms with Crippen molar-refractivity contribution in [2.24, 2.45) is 16.8 Å². The number of benzene rings is 2. The molecule has 3 amide bonds. The van der Waals surface area contributed by atoms with Crippen LogP contribution in [0.5, 0.6) is 17.2 Å². The average molecular weight is 565 g/mol. The molecule has 5 rings (SSSR count). The van der Waals surface area contributed by atoms with E-state index in [1.54, 1.807) is 42.6 Å². The van der Waals surface area contributed by atoms with Gasteiger partial charge in [-0.1, -0.05) is 29.1 Å². The first-order chi connectivity index (χ1) is 19.4. The summed E-state index contributed by atoms with van der Waals surface area (Å²) >= 11 is 1.35. The van der Waals surface area contributed by atoms with Crippen molar-refractivity contribution in [3.63, 3.8) is 0 Å². The van der Waals surface area contributed by atoms with Gasteiger partial charge in [-0.25, -0.2) is 0 Å². The summed E-state index contributed by atoms with van der Waals surface area (Å²) in [4.78, 5) is 45.6. The zero-order valence-electron chi connectivity index (χ0n) is 22.2. The molecule has 0 spiro atoms. The van der Waals surface area contributed by atoms with E-state index in [0.29, 0.717) is 40.1 Å². The highest BCUT2D eigenvalue weighted by Crippen LogP contribution is 2.39. The van der Waals surface area contributed by atoms with E-state index in [2.05, 4.69) is 25.7 Å². The fraction of sp³-hybridized carbons (Fsp3) is 0.333. The maximum Gasteiger partial charge on any atom is 0.270 e. The second-order valence-electron chi connectivity index (χ2n) is 9.30. The smallest absolute Gasteiger partial charge is 0.270 e. The molecule has 1 fully saturated rings. The maximum atomic E-state index is 13.7. The highest BCUT2D eigenvalue weighted by Gasteiger charge is 2.43. The number of amides is 3. The van der Waals surface area contributed by atoms with Crippen LogP contribution in [0.4, 0.5) is 5.69 Å². The Morgan fingerprint density at radius 1 is 1.07 bits per heavy atom. The first-order valence-corrected chi connectivity index (χ1v) is 13.5. The Morgan fingerprint density at radius 3 is 2.35 bits per heavy atom. The van der Waals surface area contributed by atoms with Gasteiger partial charge in [-0.15, -0.1) is 5.10 Å². The molecule has 1 unspecified atom stereocenters. The summed E-state index contributed by atoms with van der Waals surface area (Å²) in [6.45, 7) is 0.0511. The third-order valence-electron chi connectivity index (χ3n) is 6.53. The number of hydrogen-bond acceptors (Lipinski definition) is 9. The lowest BCUT2D eigenvalue weighted by Crippen LogP contribution is -2.50. The van der Waals surface area contributed by atoms with E-state index in [0.717, 1.165) is 24.2 Å². The number of H-pyrrole nitrogens is 1. The van der Waals surface area contributed by atoms with Gasteiger partial charge in [0, 0.05) is 23.2 Å². The Morgan fingerprint density at radius 2 is 1.77 bits per heavy atom. The molecule has 2 aromatic carbocycles. The van der Waals surface area contributed by atoms with Gasteiger partial charge in [0.05, 0.1) is 27.9 Å². The number of rotatable bonds is 10. The molecule has 1 aliphatic heterocycles. The SMILES string of the molecule is COc1cc(CN2C(=O)C(C(=O)Nc3ccc(-c4c[nH]nn4)cc3)C(=O)N=C2SCC2CC2)cc(OC)c1OC. The lowest BCUT2D eigenvalue weighted by molar-refractivity contribution is -0.144. The van der Waals surface area contributed by atoms with Crippen molar-refractivity contribution in [2.45, 2.75) is 19.4 Å². The fourth-order valence-corrected chi connectivity index (χ4v) is 5.41. The zero-order chi connectivity index (χ0) is 28.2. The quantitative estimate of drug-likeness (QED) is 0.354. The summed E-state index contributed by atoms with van der Waals surface area (Å²) in [5.41, 5.74) is 2.50. The van der Waals surface area contributed by atoms with Crippen LogP contribution < -0.4 is 19.5 Å². The molecule has 1 aromatic heterocycles. The van der Waals surface area contributed by atoms with Crippen molar-refractivity contribution in [3.05, 3.63) is 48.2 Å². The van der Waals surface area contributed by atoms with E-state index in [1.165, 1.54) is 38.0 Å². The van der Waals surface area contributed by atoms with Gasteiger partial charge < -0.3 is 19.5 Å². The molecule has 0 radical (unpaired) electrons. The first kappa shape index (κ1) is 27.2. The minimum atomic E-state index is -1.62. The van der Waals surface area contributed by atoms with E-state index in [9.17, 15) is 14.4 Å². The summed E-state index contributed by atoms with van der Waals surface area (Å²) in [5.74, 6) is -1.30. The summed E-state index contributed by atoms with van der Waals surface area (Å²) in [7, 11) is 4.51. The van der Waals surface area contributed by atoms with Crippen molar-refractivity contribution in [3.8, 4) is 28.5 Å². The molecule has 40 heavy (non-hydrogen) atoms. The lowest BCUT2D eigenvalue weighted by atomic mass is 10.0. The largest absolute Gasteiger partial charge is 0.493 e. The van der Waals surface area contributed by atoms with Crippen LogP contribution in [0.25, 0.3) is 11.3 Å². The third kappa shape index (κ3) is 5.78. The molecular weight excluding hydrogens is 536 g/mol. The Labute approximate surface area is 234 Å². The standard InChI is InChI=1S/C27H28N6O6S/c1-37-20-10-16(11-21(38-2)23(20)39-3)13-33-26(36)22(25(35)30-27(33)40-14-15-4-5-15)24(34)29-18-8-6-17(7-9-18)19-12-28-32-31-19/h6-12,15,22H,4-5,13-14H2,1-3H3,(H,29,34)(H,28,31,32). The van der Waals surface area contributed by atoms with E-state index in [-0.39, 0.29) is 11.7 Å². The van der Waals surface area contributed by atoms with Gasteiger partial charge in [-0.05, 0) is 48.6 Å².